The van der Waals surface area contributed by atoms with E-state index in [4.69, 9.17) is 9.47 Å². The zero-order valence-corrected chi connectivity index (χ0v) is 19.3. The van der Waals surface area contributed by atoms with Gasteiger partial charge in [-0.15, -0.1) is 0 Å². The second kappa shape index (κ2) is 9.99. The molecule has 1 aromatic heterocycles. The lowest BCUT2D eigenvalue weighted by Crippen LogP contribution is -2.36. The number of nitrogens with one attached hydrogen (secondary N) is 1. The van der Waals surface area contributed by atoms with E-state index in [-0.39, 0.29) is 11.7 Å². The van der Waals surface area contributed by atoms with Gasteiger partial charge in [0.1, 0.15) is 17.3 Å². The first-order chi connectivity index (χ1) is 17.1. The van der Waals surface area contributed by atoms with Gasteiger partial charge in [0.05, 0.1) is 31.6 Å². The minimum Gasteiger partial charge on any atom is -0.497 e. The summed E-state index contributed by atoms with van der Waals surface area (Å²) in [4.78, 5) is 15.6. The molecule has 2 heterocycles. The number of nitrogens with zero attached hydrogens (tertiary/aromatic N) is 3. The number of ether oxygens (including phenoxy) is 2. The van der Waals surface area contributed by atoms with Crippen LogP contribution in [0.4, 0.5) is 15.8 Å². The van der Waals surface area contributed by atoms with Crippen molar-refractivity contribution in [3.8, 4) is 22.7 Å². The third kappa shape index (κ3) is 5.02. The van der Waals surface area contributed by atoms with Gasteiger partial charge in [0.15, 0.2) is 0 Å². The molecule has 1 aliphatic rings. The van der Waals surface area contributed by atoms with Gasteiger partial charge in [-0.1, -0.05) is 12.1 Å². The molecule has 1 aliphatic heterocycles. The summed E-state index contributed by atoms with van der Waals surface area (Å²) in [5.74, 6) is 0.0200. The van der Waals surface area contributed by atoms with Crippen molar-refractivity contribution >= 4 is 17.3 Å². The molecule has 0 bridgehead atoms. The van der Waals surface area contributed by atoms with E-state index in [1.807, 2.05) is 48.5 Å². The summed E-state index contributed by atoms with van der Waals surface area (Å²) in [7, 11) is 1.59. The van der Waals surface area contributed by atoms with E-state index < -0.39 is 0 Å². The first-order valence-electron chi connectivity index (χ1n) is 11.3. The van der Waals surface area contributed by atoms with Gasteiger partial charge >= 0.3 is 0 Å². The van der Waals surface area contributed by atoms with Gasteiger partial charge in [0.2, 0.25) is 0 Å². The molecule has 178 valence electrons. The maximum Gasteiger partial charge on any atom is 0.259 e. The Bertz CT molecular complexity index is 1310. The lowest BCUT2D eigenvalue weighted by molar-refractivity contribution is 0.102. The van der Waals surface area contributed by atoms with Crippen molar-refractivity contribution in [1.29, 1.82) is 0 Å². The zero-order chi connectivity index (χ0) is 24.2. The standard InChI is InChI=1S/C27H25FN4O3/c1-34-24-4-2-3-19(17-24)26-25(18-32(30-26)23-9-5-20(28)6-10-23)27(33)29-21-7-11-22(12-8-21)31-13-15-35-16-14-31/h2-12,17-18H,13-16H2,1H3,(H,29,33). The van der Waals surface area contributed by atoms with Crippen molar-refractivity contribution in [2.24, 2.45) is 0 Å². The minimum absolute atomic E-state index is 0.296. The fourth-order valence-corrected chi connectivity index (χ4v) is 4.03. The highest BCUT2D eigenvalue weighted by Gasteiger charge is 2.20. The molecule has 5 rings (SSSR count). The lowest BCUT2D eigenvalue weighted by Gasteiger charge is -2.28. The van der Waals surface area contributed by atoms with Gasteiger partial charge in [-0.25, -0.2) is 9.07 Å². The number of methoxy groups -OCH3 is 1. The predicted octanol–water partition coefficient (Wildman–Crippen LogP) is 4.78. The van der Waals surface area contributed by atoms with Crippen LogP contribution in [0.3, 0.4) is 0 Å². The Morgan fingerprint density at radius 2 is 1.71 bits per heavy atom. The number of morpholine rings is 1. The monoisotopic (exact) mass is 472 g/mol. The lowest BCUT2D eigenvalue weighted by atomic mass is 10.1. The average molecular weight is 473 g/mol. The second-order valence-electron chi connectivity index (χ2n) is 8.14. The molecular weight excluding hydrogens is 447 g/mol. The van der Waals surface area contributed by atoms with E-state index in [9.17, 15) is 9.18 Å². The number of benzene rings is 3. The SMILES string of the molecule is COc1cccc(-c2nn(-c3ccc(F)cc3)cc2C(=O)Nc2ccc(N3CCOCC3)cc2)c1. The van der Waals surface area contributed by atoms with Crippen molar-refractivity contribution < 1.29 is 18.7 Å². The number of carbonyl (C=O) groups excluding carboxylic acids is 1. The number of halogens is 1. The van der Waals surface area contributed by atoms with E-state index in [1.54, 1.807) is 30.1 Å². The van der Waals surface area contributed by atoms with Gasteiger partial charge in [-0.3, -0.25) is 4.79 Å². The zero-order valence-electron chi connectivity index (χ0n) is 19.3. The van der Waals surface area contributed by atoms with Crippen LogP contribution < -0.4 is 15.0 Å². The van der Waals surface area contributed by atoms with E-state index in [2.05, 4.69) is 15.3 Å². The largest absolute Gasteiger partial charge is 0.497 e. The van der Waals surface area contributed by atoms with Crippen molar-refractivity contribution in [1.82, 2.24) is 9.78 Å². The number of anilines is 2. The quantitative estimate of drug-likeness (QED) is 0.438. The van der Waals surface area contributed by atoms with Crippen molar-refractivity contribution in [2.75, 3.05) is 43.6 Å². The molecule has 0 saturated carbocycles. The number of amides is 1. The molecule has 0 unspecified atom stereocenters. The molecule has 1 N–H and O–H groups in total. The van der Waals surface area contributed by atoms with E-state index >= 15 is 0 Å². The summed E-state index contributed by atoms with van der Waals surface area (Å²) in [5.41, 5.74) is 4.03. The molecule has 3 aromatic carbocycles. The summed E-state index contributed by atoms with van der Waals surface area (Å²) in [6, 6.07) is 21.1. The first kappa shape index (κ1) is 22.6. The number of rotatable bonds is 6. The van der Waals surface area contributed by atoms with Crippen LogP contribution in [0.2, 0.25) is 0 Å². The molecule has 7 nitrogen and oxygen atoms in total. The van der Waals surface area contributed by atoms with Gasteiger partial charge in [0.25, 0.3) is 5.91 Å². The topological polar surface area (TPSA) is 68.6 Å². The van der Waals surface area contributed by atoms with Gasteiger partial charge in [-0.2, -0.15) is 5.10 Å². The van der Waals surface area contributed by atoms with Crippen LogP contribution >= 0.6 is 0 Å². The smallest absolute Gasteiger partial charge is 0.259 e. The highest BCUT2D eigenvalue weighted by atomic mass is 19.1. The average Bonchev–Trinajstić information content (AvgIpc) is 3.36. The summed E-state index contributed by atoms with van der Waals surface area (Å²) in [6.45, 7) is 3.11. The van der Waals surface area contributed by atoms with Crippen LogP contribution in [0.5, 0.6) is 5.75 Å². The second-order valence-corrected chi connectivity index (χ2v) is 8.14. The van der Waals surface area contributed by atoms with Crippen LogP contribution in [0, 0.1) is 5.82 Å². The number of aromatic nitrogens is 2. The molecule has 0 atom stereocenters. The highest BCUT2D eigenvalue weighted by Crippen LogP contribution is 2.28. The van der Waals surface area contributed by atoms with Crippen LogP contribution in [0.15, 0.2) is 79.0 Å². The molecule has 35 heavy (non-hydrogen) atoms. The fourth-order valence-electron chi connectivity index (χ4n) is 4.03. The Morgan fingerprint density at radius 3 is 2.43 bits per heavy atom. The van der Waals surface area contributed by atoms with E-state index in [1.165, 1.54) is 12.1 Å². The third-order valence-electron chi connectivity index (χ3n) is 5.89. The number of carbonyl (C=O) groups is 1. The summed E-state index contributed by atoms with van der Waals surface area (Å²) in [5, 5.41) is 7.63. The molecule has 1 fully saturated rings. The Morgan fingerprint density at radius 1 is 1.00 bits per heavy atom. The Kier molecular flexibility index (Phi) is 6.45. The molecule has 1 amide bonds. The van der Waals surface area contributed by atoms with Crippen LogP contribution in [-0.2, 0) is 4.74 Å². The fraction of sp³-hybridized carbons (Fsp3) is 0.185. The molecule has 0 aliphatic carbocycles. The molecular formula is C27H25FN4O3. The Labute approximate surface area is 202 Å². The third-order valence-corrected chi connectivity index (χ3v) is 5.89. The maximum absolute atomic E-state index is 13.4. The summed E-state index contributed by atoms with van der Waals surface area (Å²) in [6.07, 6.45) is 1.65. The van der Waals surface area contributed by atoms with E-state index in [0.717, 1.165) is 24.3 Å². The molecule has 4 aromatic rings. The Hall–Kier alpha value is -4.17. The predicted molar refractivity (Wildman–Crippen MR) is 133 cm³/mol. The number of hydrogen-bond acceptors (Lipinski definition) is 5. The van der Waals surface area contributed by atoms with Gasteiger partial charge in [0, 0.05) is 36.2 Å². The summed E-state index contributed by atoms with van der Waals surface area (Å²) >= 11 is 0. The minimum atomic E-state index is -0.340. The first-order valence-corrected chi connectivity index (χ1v) is 11.3. The van der Waals surface area contributed by atoms with Crippen LogP contribution in [0.1, 0.15) is 10.4 Å². The molecule has 1 saturated heterocycles. The molecule has 0 radical (unpaired) electrons. The molecule has 8 heteroatoms. The van der Waals surface area contributed by atoms with Crippen LogP contribution in [-0.4, -0.2) is 49.1 Å². The van der Waals surface area contributed by atoms with Gasteiger partial charge < -0.3 is 19.7 Å². The Balaban J connectivity index is 1.45. The highest BCUT2D eigenvalue weighted by molar-refractivity contribution is 6.08. The van der Waals surface area contributed by atoms with Gasteiger partial charge in [-0.05, 0) is 60.7 Å². The van der Waals surface area contributed by atoms with Crippen molar-refractivity contribution in [3.63, 3.8) is 0 Å². The maximum atomic E-state index is 13.4. The van der Waals surface area contributed by atoms with Crippen molar-refractivity contribution in [3.05, 3.63) is 90.4 Å². The van der Waals surface area contributed by atoms with E-state index in [0.29, 0.717) is 41.6 Å². The normalized spacial score (nSPS) is 13.5. The van der Waals surface area contributed by atoms with Crippen molar-refractivity contribution in [2.45, 2.75) is 0 Å². The van der Waals surface area contributed by atoms with Crippen LogP contribution in [0.25, 0.3) is 16.9 Å². The molecule has 0 spiro atoms. The summed E-state index contributed by atoms with van der Waals surface area (Å²) < 4.78 is 25.8. The number of hydrogen-bond donors (Lipinski definition) is 1.